The molecule has 0 aromatic carbocycles. The summed E-state index contributed by atoms with van der Waals surface area (Å²) < 4.78 is 0. The lowest BCUT2D eigenvalue weighted by molar-refractivity contribution is 0.327. The van der Waals surface area contributed by atoms with Gasteiger partial charge in [-0.15, -0.1) is 0 Å². The zero-order chi connectivity index (χ0) is 26.5. The molecule has 4 rings (SSSR count). The number of likely N-dealkylation sites (tertiary alicyclic amines) is 1. The highest BCUT2D eigenvalue weighted by Crippen LogP contribution is 2.37. The lowest BCUT2D eigenvalue weighted by Crippen LogP contribution is -2.29. The van der Waals surface area contributed by atoms with Crippen molar-refractivity contribution in [2.45, 2.75) is 64.8 Å². The molecule has 2 heterocycles. The Hall–Kier alpha value is -2.64. The lowest BCUT2D eigenvalue weighted by atomic mass is 9.83. The minimum absolute atomic E-state index is 0.618. The molecule has 3 aliphatic rings. The number of aliphatic imine (C=N–C) groups is 1. The van der Waals surface area contributed by atoms with E-state index < -0.39 is 0 Å². The highest BCUT2D eigenvalue weighted by atomic mass is 15.2. The third kappa shape index (κ3) is 9.97. The van der Waals surface area contributed by atoms with Crippen LogP contribution in [0.25, 0.3) is 0 Å². The first kappa shape index (κ1) is 28.9. The molecule has 0 radical (unpaired) electrons. The number of pyridine rings is 1. The van der Waals surface area contributed by atoms with Crippen LogP contribution in [0.4, 0.5) is 5.69 Å². The van der Waals surface area contributed by atoms with Gasteiger partial charge in [0.15, 0.2) is 0 Å². The smallest absolute Gasteiger partial charge is 0.129 e. The Morgan fingerprint density at radius 2 is 1.81 bits per heavy atom. The molecule has 2 aliphatic carbocycles. The molecule has 1 aliphatic heterocycles. The fourth-order valence-corrected chi connectivity index (χ4v) is 4.69. The highest BCUT2D eigenvalue weighted by Gasteiger charge is 2.28. The van der Waals surface area contributed by atoms with Gasteiger partial charge in [0.25, 0.3) is 0 Å². The Kier molecular flexibility index (Phi) is 12.2. The molecule has 0 spiro atoms. The van der Waals surface area contributed by atoms with Gasteiger partial charge in [0.2, 0.25) is 0 Å². The number of aromatic nitrogens is 1. The van der Waals surface area contributed by atoms with Gasteiger partial charge in [-0.3, -0.25) is 14.9 Å². The van der Waals surface area contributed by atoms with Crippen molar-refractivity contribution in [3.63, 3.8) is 0 Å². The van der Waals surface area contributed by atoms with Gasteiger partial charge in [0, 0.05) is 25.3 Å². The minimum atomic E-state index is 0.618. The fraction of sp³-hybridized carbons (Fsp3) is 0.600. The van der Waals surface area contributed by atoms with Gasteiger partial charge in [0.1, 0.15) is 11.7 Å². The zero-order valence-corrected chi connectivity index (χ0v) is 23.4. The molecule has 3 fully saturated rings. The van der Waals surface area contributed by atoms with E-state index in [1.807, 2.05) is 20.3 Å². The van der Waals surface area contributed by atoms with Crippen molar-refractivity contribution in [3.05, 3.63) is 60.3 Å². The first-order valence-electron chi connectivity index (χ1n) is 14.2. The molecule has 0 unspecified atom stereocenters. The van der Waals surface area contributed by atoms with Gasteiger partial charge in [0.05, 0.1) is 17.6 Å². The maximum atomic E-state index is 4.93. The molecule has 0 atom stereocenters. The minimum Gasteiger partial charge on any atom is -0.389 e. The summed E-state index contributed by atoms with van der Waals surface area (Å²) in [6.45, 7) is 15.5. The van der Waals surface area contributed by atoms with Crippen LogP contribution in [0.5, 0.6) is 0 Å². The Morgan fingerprint density at radius 3 is 2.38 bits per heavy atom. The lowest BCUT2D eigenvalue weighted by Gasteiger charge is -2.28. The maximum absolute atomic E-state index is 4.93. The fourth-order valence-electron chi connectivity index (χ4n) is 4.69. The number of hydrogen-bond donors (Lipinski definition) is 4. The molecule has 2 saturated carbocycles. The predicted molar refractivity (Wildman–Crippen MR) is 158 cm³/mol. The zero-order valence-electron chi connectivity index (χ0n) is 23.4. The predicted octanol–water partition coefficient (Wildman–Crippen LogP) is 5.03. The van der Waals surface area contributed by atoms with Crippen molar-refractivity contribution in [1.82, 2.24) is 25.8 Å². The van der Waals surface area contributed by atoms with Gasteiger partial charge >= 0.3 is 0 Å². The van der Waals surface area contributed by atoms with Crippen molar-refractivity contribution < 1.29 is 0 Å². The van der Waals surface area contributed by atoms with Gasteiger partial charge in [-0.25, -0.2) is 0 Å². The maximum Gasteiger partial charge on any atom is 0.129 e. The van der Waals surface area contributed by atoms with E-state index in [4.69, 9.17) is 4.99 Å². The van der Waals surface area contributed by atoms with Crippen LogP contribution in [-0.4, -0.2) is 56.0 Å². The van der Waals surface area contributed by atoms with Gasteiger partial charge in [-0.1, -0.05) is 25.7 Å². The van der Waals surface area contributed by atoms with Crippen LogP contribution < -0.4 is 21.3 Å². The number of rotatable bonds is 13. The van der Waals surface area contributed by atoms with Gasteiger partial charge in [-0.05, 0) is 109 Å². The Morgan fingerprint density at radius 1 is 1.08 bits per heavy atom. The van der Waals surface area contributed by atoms with Crippen molar-refractivity contribution in [3.8, 4) is 0 Å². The van der Waals surface area contributed by atoms with Crippen LogP contribution in [0.2, 0.25) is 0 Å². The number of hydrogen-bond acceptors (Lipinski definition) is 6. The van der Waals surface area contributed by atoms with Crippen molar-refractivity contribution in [1.29, 1.82) is 0 Å². The summed E-state index contributed by atoms with van der Waals surface area (Å²) in [6.07, 6.45) is 14.1. The van der Waals surface area contributed by atoms with E-state index in [1.165, 1.54) is 69.3 Å². The largest absolute Gasteiger partial charge is 0.389 e. The summed E-state index contributed by atoms with van der Waals surface area (Å²) >= 11 is 0. The second-order valence-electron chi connectivity index (χ2n) is 10.4. The summed E-state index contributed by atoms with van der Waals surface area (Å²) in [7, 11) is 3.75. The van der Waals surface area contributed by atoms with E-state index in [2.05, 4.69) is 69.4 Å². The third-order valence-electron chi connectivity index (χ3n) is 7.13. The molecular weight excluding hydrogens is 458 g/mol. The molecule has 7 nitrogen and oxygen atoms in total. The van der Waals surface area contributed by atoms with E-state index in [1.54, 1.807) is 0 Å². The normalized spacial score (nSPS) is 18.5. The second-order valence-corrected chi connectivity index (χ2v) is 10.4. The van der Waals surface area contributed by atoms with Crippen LogP contribution >= 0.6 is 0 Å². The third-order valence-corrected chi connectivity index (χ3v) is 7.13. The first-order valence-corrected chi connectivity index (χ1v) is 14.2. The average Bonchev–Trinajstić information content (AvgIpc) is 3.54. The van der Waals surface area contributed by atoms with Crippen LogP contribution in [0.3, 0.4) is 0 Å². The second kappa shape index (κ2) is 15.6. The van der Waals surface area contributed by atoms with E-state index in [9.17, 15) is 0 Å². The summed E-state index contributed by atoms with van der Waals surface area (Å²) in [4.78, 5) is 12.0. The molecule has 0 amide bonds. The topological polar surface area (TPSA) is 76.6 Å². The first-order chi connectivity index (χ1) is 18.0. The number of nitrogens with one attached hydrogen (secondary N) is 4. The van der Waals surface area contributed by atoms with Gasteiger partial charge in [-0.2, -0.15) is 0 Å². The summed E-state index contributed by atoms with van der Waals surface area (Å²) in [5, 5.41) is 13.1. The van der Waals surface area contributed by atoms with E-state index in [0.717, 1.165) is 49.1 Å². The molecule has 37 heavy (non-hydrogen) atoms. The Bertz CT molecular complexity index is 904. The monoisotopic (exact) mass is 507 g/mol. The molecule has 4 N–H and O–H groups in total. The van der Waals surface area contributed by atoms with Crippen LogP contribution in [0.1, 0.15) is 64.0 Å². The SMILES string of the molecule is C=C(NC(=NCCCNC(=C)C1CCC1)/C(=C\C)C1CC1)Nc1ccc(CN2CCCC2)nc1.CNC. The number of nitrogens with zero attached hydrogens (tertiary/aromatic N) is 3. The highest BCUT2D eigenvalue weighted by molar-refractivity contribution is 6.00. The summed E-state index contributed by atoms with van der Waals surface area (Å²) in [5.74, 6) is 2.97. The van der Waals surface area contributed by atoms with Crippen LogP contribution in [-0.2, 0) is 6.54 Å². The number of amidine groups is 1. The molecule has 1 aromatic heterocycles. The van der Waals surface area contributed by atoms with E-state index in [-0.39, 0.29) is 0 Å². The van der Waals surface area contributed by atoms with Crippen molar-refractivity contribution >= 4 is 11.5 Å². The van der Waals surface area contributed by atoms with E-state index in [0.29, 0.717) is 11.8 Å². The van der Waals surface area contributed by atoms with Crippen molar-refractivity contribution in [2.75, 3.05) is 45.6 Å². The summed E-state index contributed by atoms with van der Waals surface area (Å²) in [6, 6.07) is 4.19. The van der Waals surface area contributed by atoms with Crippen molar-refractivity contribution in [2.24, 2.45) is 16.8 Å². The van der Waals surface area contributed by atoms with Gasteiger partial charge < -0.3 is 21.3 Å². The standard InChI is InChI=1S/C28H42N6.C2H7N/c1-4-27(24-11-12-24)28(30-16-8-15-29-21(2)23-9-7-10-23)33-22(3)32-25-13-14-26(31-19-25)20-34-17-5-6-18-34;1-3-2/h4,13-14,19,23-24,29,32H,2-3,5-12,15-18,20H2,1H3,(H,30,33);3H,1-2H3/b27-4-;. The molecule has 7 heteroatoms. The molecule has 1 aromatic rings. The van der Waals surface area contributed by atoms with Crippen LogP contribution in [0.15, 0.2) is 59.6 Å². The quantitative estimate of drug-likeness (QED) is 0.170. The van der Waals surface area contributed by atoms with E-state index >= 15 is 0 Å². The molecule has 1 saturated heterocycles. The molecule has 0 bridgehead atoms. The molecular formula is C30H49N7. The number of allylic oxidation sites excluding steroid dienone is 2. The Balaban J connectivity index is 0.00000121. The Labute approximate surface area is 225 Å². The molecule has 204 valence electrons. The average molecular weight is 508 g/mol. The van der Waals surface area contributed by atoms with Crippen LogP contribution in [0, 0.1) is 11.8 Å². The summed E-state index contributed by atoms with van der Waals surface area (Å²) in [5.41, 5.74) is 4.56. The number of anilines is 1.